The van der Waals surface area contributed by atoms with Crippen LogP contribution in [0.4, 0.5) is 0 Å². The highest BCUT2D eigenvalue weighted by molar-refractivity contribution is 5.99. The van der Waals surface area contributed by atoms with E-state index in [0.29, 0.717) is 5.56 Å². The van der Waals surface area contributed by atoms with E-state index in [4.69, 9.17) is 0 Å². The SMILES string of the molecule is Cl.O=C(Cn1cncn1)c1ccc2ccccc2c1. The van der Waals surface area contributed by atoms with Crippen LogP contribution in [0.5, 0.6) is 0 Å². The average Bonchev–Trinajstić information content (AvgIpc) is 2.91. The lowest BCUT2D eigenvalue weighted by atomic mass is 10.0. The van der Waals surface area contributed by atoms with Crippen molar-refractivity contribution >= 4 is 29.0 Å². The van der Waals surface area contributed by atoms with E-state index in [0.717, 1.165) is 10.8 Å². The number of benzene rings is 2. The van der Waals surface area contributed by atoms with E-state index < -0.39 is 0 Å². The van der Waals surface area contributed by atoms with Crippen molar-refractivity contribution in [1.82, 2.24) is 14.8 Å². The molecule has 19 heavy (non-hydrogen) atoms. The summed E-state index contributed by atoms with van der Waals surface area (Å²) in [4.78, 5) is 15.9. The molecule has 0 spiro atoms. The summed E-state index contributed by atoms with van der Waals surface area (Å²) in [6.45, 7) is 0.221. The molecule has 0 atom stereocenters. The quantitative estimate of drug-likeness (QED) is 0.690. The van der Waals surface area contributed by atoms with Gasteiger partial charge >= 0.3 is 0 Å². The largest absolute Gasteiger partial charge is 0.292 e. The van der Waals surface area contributed by atoms with Gasteiger partial charge in [0.2, 0.25) is 0 Å². The number of carbonyl (C=O) groups is 1. The van der Waals surface area contributed by atoms with E-state index in [2.05, 4.69) is 10.1 Å². The summed E-state index contributed by atoms with van der Waals surface area (Å²) in [6.07, 6.45) is 2.96. The molecule has 0 radical (unpaired) electrons. The summed E-state index contributed by atoms with van der Waals surface area (Å²) in [5.74, 6) is 0.0336. The highest BCUT2D eigenvalue weighted by Crippen LogP contribution is 2.16. The lowest BCUT2D eigenvalue weighted by Gasteiger charge is -2.03. The van der Waals surface area contributed by atoms with Crippen LogP contribution in [0.15, 0.2) is 55.1 Å². The van der Waals surface area contributed by atoms with Crippen LogP contribution in [0.25, 0.3) is 10.8 Å². The van der Waals surface area contributed by atoms with Gasteiger partial charge in [0.15, 0.2) is 5.78 Å². The number of carbonyl (C=O) groups excluding carboxylic acids is 1. The number of Topliss-reactive ketones (excluding diaryl/α,β-unsaturated/α-hetero) is 1. The second-order valence-electron chi connectivity index (χ2n) is 4.08. The Hall–Kier alpha value is -2.20. The first-order valence-corrected chi connectivity index (χ1v) is 5.67. The van der Waals surface area contributed by atoms with Gasteiger partial charge < -0.3 is 0 Å². The average molecular weight is 274 g/mol. The third kappa shape index (κ3) is 2.80. The molecule has 0 unspecified atom stereocenters. The summed E-state index contributed by atoms with van der Waals surface area (Å²) in [7, 11) is 0. The molecule has 4 nitrogen and oxygen atoms in total. The van der Waals surface area contributed by atoms with Crippen LogP contribution in [-0.4, -0.2) is 20.5 Å². The first-order chi connectivity index (χ1) is 8.83. The summed E-state index contributed by atoms with van der Waals surface area (Å²) in [6, 6.07) is 13.7. The lowest BCUT2D eigenvalue weighted by Crippen LogP contribution is -2.10. The standard InChI is InChI=1S/C14H11N3O.ClH/c18-14(8-17-10-15-9-16-17)13-6-5-11-3-1-2-4-12(11)7-13;/h1-7,9-10H,8H2;1H. The second-order valence-corrected chi connectivity index (χ2v) is 4.08. The smallest absolute Gasteiger partial charge is 0.184 e. The van der Waals surface area contributed by atoms with Crippen LogP contribution in [-0.2, 0) is 6.54 Å². The Bertz CT molecular complexity index is 695. The van der Waals surface area contributed by atoms with Crippen molar-refractivity contribution < 1.29 is 4.79 Å². The first-order valence-electron chi connectivity index (χ1n) is 5.67. The van der Waals surface area contributed by atoms with Gasteiger partial charge in [0.25, 0.3) is 0 Å². The molecule has 0 fully saturated rings. The molecule has 2 aromatic carbocycles. The zero-order chi connectivity index (χ0) is 12.4. The van der Waals surface area contributed by atoms with Gasteiger partial charge in [-0.2, -0.15) is 5.10 Å². The summed E-state index contributed by atoms with van der Waals surface area (Å²) in [5.41, 5.74) is 0.698. The van der Waals surface area contributed by atoms with Crippen molar-refractivity contribution in [3.63, 3.8) is 0 Å². The van der Waals surface area contributed by atoms with E-state index in [-0.39, 0.29) is 24.7 Å². The molecule has 0 bridgehead atoms. The van der Waals surface area contributed by atoms with Crippen LogP contribution in [0.3, 0.4) is 0 Å². The van der Waals surface area contributed by atoms with Crippen molar-refractivity contribution in [3.05, 3.63) is 60.7 Å². The molecule has 3 aromatic rings. The van der Waals surface area contributed by atoms with Crippen molar-refractivity contribution in [2.24, 2.45) is 0 Å². The highest BCUT2D eigenvalue weighted by Gasteiger charge is 2.07. The fourth-order valence-corrected chi connectivity index (χ4v) is 1.92. The van der Waals surface area contributed by atoms with Crippen LogP contribution in [0, 0.1) is 0 Å². The van der Waals surface area contributed by atoms with Gasteiger partial charge in [-0.15, -0.1) is 12.4 Å². The number of rotatable bonds is 3. The molecule has 1 heterocycles. The second kappa shape index (κ2) is 5.63. The zero-order valence-electron chi connectivity index (χ0n) is 10.1. The maximum absolute atomic E-state index is 12.1. The van der Waals surface area contributed by atoms with Gasteiger partial charge in [0, 0.05) is 5.56 Å². The van der Waals surface area contributed by atoms with Crippen LogP contribution < -0.4 is 0 Å². The van der Waals surface area contributed by atoms with E-state index in [1.54, 1.807) is 6.33 Å². The van der Waals surface area contributed by atoms with Gasteiger partial charge in [0.1, 0.15) is 19.2 Å². The van der Waals surface area contributed by atoms with Crippen molar-refractivity contribution in [2.75, 3.05) is 0 Å². The molecular weight excluding hydrogens is 262 g/mol. The van der Waals surface area contributed by atoms with Crippen molar-refractivity contribution in [2.45, 2.75) is 6.54 Å². The Morgan fingerprint density at radius 1 is 1.11 bits per heavy atom. The lowest BCUT2D eigenvalue weighted by molar-refractivity contribution is 0.0967. The molecule has 1 aromatic heterocycles. The minimum absolute atomic E-state index is 0. The Labute approximate surface area is 116 Å². The molecule has 0 aliphatic heterocycles. The molecular formula is C14H12ClN3O. The summed E-state index contributed by atoms with van der Waals surface area (Å²) in [5, 5.41) is 6.13. The maximum Gasteiger partial charge on any atom is 0.184 e. The Morgan fingerprint density at radius 3 is 2.63 bits per heavy atom. The molecule has 96 valence electrons. The van der Waals surface area contributed by atoms with E-state index >= 15 is 0 Å². The van der Waals surface area contributed by atoms with Crippen molar-refractivity contribution in [1.29, 1.82) is 0 Å². The molecule has 3 rings (SSSR count). The highest BCUT2D eigenvalue weighted by atomic mass is 35.5. The number of hydrogen-bond donors (Lipinski definition) is 0. The van der Waals surface area contributed by atoms with Gasteiger partial charge in [-0.3, -0.25) is 4.79 Å². The van der Waals surface area contributed by atoms with Gasteiger partial charge in [-0.05, 0) is 16.8 Å². The van der Waals surface area contributed by atoms with Crippen LogP contribution in [0.2, 0.25) is 0 Å². The number of fused-ring (bicyclic) bond motifs is 1. The molecule has 0 amide bonds. The molecule has 5 heteroatoms. The minimum Gasteiger partial charge on any atom is -0.292 e. The summed E-state index contributed by atoms with van der Waals surface area (Å²) >= 11 is 0. The zero-order valence-corrected chi connectivity index (χ0v) is 10.9. The third-order valence-corrected chi connectivity index (χ3v) is 2.84. The van der Waals surface area contributed by atoms with Crippen LogP contribution in [0.1, 0.15) is 10.4 Å². The Balaban J connectivity index is 0.00000133. The molecule has 0 saturated carbocycles. The van der Waals surface area contributed by atoms with Crippen molar-refractivity contribution in [3.8, 4) is 0 Å². The monoisotopic (exact) mass is 273 g/mol. The predicted octanol–water partition coefficient (Wildman–Crippen LogP) is 2.74. The first kappa shape index (κ1) is 13.2. The number of hydrogen-bond acceptors (Lipinski definition) is 3. The number of halogens is 1. The normalized spacial score (nSPS) is 10.1. The number of nitrogens with zero attached hydrogens (tertiary/aromatic N) is 3. The maximum atomic E-state index is 12.1. The van der Waals surface area contributed by atoms with Gasteiger partial charge in [-0.25, -0.2) is 9.67 Å². The van der Waals surface area contributed by atoms with Crippen LogP contribution >= 0.6 is 12.4 Å². The Kier molecular flexibility index (Phi) is 3.92. The minimum atomic E-state index is 0. The van der Waals surface area contributed by atoms with E-state index in [1.165, 1.54) is 11.0 Å². The van der Waals surface area contributed by atoms with E-state index in [9.17, 15) is 4.79 Å². The summed E-state index contributed by atoms with van der Waals surface area (Å²) < 4.78 is 1.53. The van der Waals surface area contributed by atoms with Gasteiger partial charge in [0.05, 0.1) is 0 Å². The topological polar surface area (TPSA) is 47.8 Å². The predicted molar refractivity (Wildman–Crippen MR) is 75.5 cm³/mol. The molecule has 0 saturated heterocycles. The number of ketones is 1. The Morgan fingerprint density at radius 2 is 1.89 bits per heavy atom. The van der Waals surface area contributed by atoms with E-state index in [1.807, 2.05) is 42.5 Å². The van der Waals surface area contributed by atoms with Gasteiger partial charge in [-0.1, -0.05) is 36.4 Å². The fraction of sp³-hybridized carbons (Fsp3) is 0.0714. The molecule has 0 aliphatic rings. The fourth-order valence-electron chi connectivity index (χ4n) is 1.92. The number of aromatic nitrogens is 3. The molecule has 0 N–H and O–H groups in total. The third-order valence-electron chi connectivity index (χ3n) is 2.84. The molecule has 0 aliphatic carbocycles.